The number of hydrogen-bond acceptors (Lipinski definition) is 11. The Hall–Kier alpha value is -3.55. The summed E-state index contributed by atoms with van der Waals surface area (Å²) in [5.74, 6) is 1.83. The fourth-order valence-electron chi connectivity index (χ4n) is 5.57. The lowest BCUT2D eigenvalue weighted by Gasteiger charge is -2.38. The minimum atomic E-state index is -3.51. The monoisotopic (exact) mass is 582 g/mol. The lowest BCUT2D eigenvalue weighted by atomic mass is 9.92. The molecule has 1 aliphatic carbocycles. The number of fused-ring (bicyclic) bond motifs is 1. The third kappa shape index (κ3) is 5.79. The van der Waals surface area contributed by atoms with Crippen molar-refractivity contribution in [2.75, 3.05) is 68.0 Å². The number of nitriles is 1. The Kier molecular flexibility index (Phi) is 7.91. The van der Waals surface area contributed by atoms with Gasteiger partial charge in [0.25, 0.3) is 10.2 Å². The Morgan fingerprint density at radius 1 is 1.02 bits per heavy atom. The van der Waals surface area contributed by atoms with Gasteiger partial charge in [-0.15, -0.1) is 5.10 Å². The average Bonchev–Trinajstić information content (AvgIpc) is 3.42. The Labute approximate surface area is 238 Å². The van der Waals surface area contributed by atoms with E-state index in [1.165, 1.54) is 19.3 Å². The van der Waals surface area contributed by atoms with E-state index in [-0.39, 0.29) is 6.04 Å². The third-order valence-electron chi connectivity index (χ3n) is 7.83. The molecule has 0 unspecified atom stereocenters. The van der Waals surface area contributed by atoms with Gasteiger partial charge in [-0.1, -0.05) is 18.9 Å². The van der Waals surface area contributed by atoms with Crippen molar-refractivity contribution in [2.24, 2.45) is 0 Å². The van der Waals surface area contributed by atoms with Gasteiger partial charge in [0, 0.05) is 45.3 Å². The molecule has 0 aromatic carbocycles. The zero-order valence-electron chi connectivity index (χ0n) is 22.7. The van der Waals surface area contributed by atoms with E-state index >= 15 is 0 Å². The molecule has 0 amide bonds. The zero-order valence-corrected chi connectivity index (χ0v) is 23.5. The van der Waals surface area contributed by atoms with E-state index in [4.69, 9.17) is 9.72 Å². The van der Waals surface area contributed by atoms with Gasteiger partial charge in [0.1, 0.15) is 23.5 Å². The molecule has 218 valence electrons. The van der Waals surface area contributed by atoms with Crippen molar-refractivity contribution in [1.29, 1.82) is 5.26 Å². The number of rotatable bonds is 7. The highest BCUT2D eigenvalue weighted by Crippen LogP contribution is 2.28. The first kappa shape index (κ1) is 27.6. The molecule has 2 atom stereocenters. The highest BCUT2D eigenvalue weighted by atomic mass is 32.2. The smallest absolute Gasteiger partial charge is 0.282 e. The second-order valence-electron chi connectivity index (χ2n) is 10.4. The van der Waals surface area contributed by atoms with Gasteiger partial charge < -0.3 is 25.4 Å². The number of imidazole rings is 1. The summed E-state index contributed by atoms with van der Waals surface area (Å²) in [5.41, 5.74) is 1.38. The molecule has 0 radical (unpaired) electrons. The van der Waals surface area contributed by atoms with Crippen molar-refractivity contribution in [3.05, 3.63) is 36.2 Å². The maximum Gasteiger partial charge on any atom is 0.282 e. The number of piperazine rings is 1. The predicted octanol–water partition coefficient (Wildman–Crippen LogP) is 1.15. The minimum Gasteiger partial charge on any atom is -0.391 e. The topological polar surface area (TPSA) is 164 Å². The maximum absolute atomic E-state index is 13.0. The van der Waals surface area contributed by atoms with Crippen LogP contribution in [0.2, 0.25) is 0 Å². The number of morpholine rings is 1. The Bertz CT molecular complexity index is 1530. The second-order valence-corrected chi connectivity index (χ2v) is 12.4. The summed E-state index contributed by atoms with van der Waals surface area (Å²) in [6, 6.07) is 9.45. The molecule has 1 saturated carbocycles. The van der Waals surface area contributed by atoms with E-state index in [2.05, 4.69) is 31.7 Å². The van der Waals surface area contributed by atoms with Crippen LogP contribution in [0.4, 0.5) is 23.1 Å². The van der Waals surface area contributed by atoms with Crippen molar-refractivity contribution in [1.82, 2.24) is 28.2 Å². The number of nitrogens with zero attached hydrogens (tertiary/aromatic N) is 8. The number of pyridine rings is 1. The second kappa shape index (κ2) is 11.7. The van der Waals surface area contributed by atoms with Gasteiger partial charge in [-0.05, 0) is 25.0 Å². The molecule has 2 aliphatic heterocycles. The quantitative estimate of drug-likeness (QED) is 0.366. The predicted molar refractivity (Wildman–Crippen MR) is 152 cm³/mol. The first-order valence-corrected chi connectivity index (χ1v) is 15.4. The maximum atomic E-state index is 13.0. The number of anilines is 4. The van der Waals surface area contributed by atoms with Gasteiger partial charge in [0.2, 0.25) is 0 Å². The van der Waals surface area contributed by atoms with Crippen molar-refractivity contribution < 1.29 is 18.3 Å². The van der Waals surface area contributed by atoms with Crippen molar-refractivity contribution in [2.45, 2.75) is 37.8 Å². The van der Waals surface area contributed by atoms with Crippen LogP contribution in [0.25, 0.3) is 5.65 Å². The largest absolute Gasteiger partial charge is 0.391 e. The molecule has 15 heteroatoms. The van der Waals surface area contributed by atoms with Gasteiger partial charge in [0.05, 0.1) is 37.2 Å². The molecule has 3 aromatic rings. The van der Waals surface area contributed by atoms with Gasteiger partial charge in [-0.25, -0.2) is 9.97 Å². The van der Waals surface area contributed by atoms with Crippen LogP contribution in [0, 0.1) is 11.3 Å². The minimum absolute atomic E-state index is 0.122. The fraction of sp³-hybridized carbons (Fsp3) is 0.538. The number of nitrogens with one attached hydrogen (secondary N) is 2. The van der Waals surface area contributed by atoms with Crippen LogP contribution in [0.5, 0.6) is 0 Å². The first-order chi connectivity index (χ1) is 19.9. The molecular formula is C26H34N10O4S. The van der Waals surface area contributed by atoms with E-state index in [9.17, 15) is 18.8 Å². The van der Waals surface area contributed by atoms with Crippen molar-refractivity contribution in [3.63, 3.8) is 0 Å². The lowest BCUT2D eigenvalue weighted by Crippen LogP contribution is -2.55. The summed E-state index contributed by atoms with van der Waals surface area (Å²) in [5, 5.41) is 31.3. The molecule has 0 bridgehead atoms. The van der Waals surface area contributed by atoms with Crippen LogP contribution in [0.1, 0.15) is 31.4 Å². The van der Waals surface area contributed by atoms with Gasteiger partial charge in [-0.3, -0.25) is 0 Å². The van der Waals surface area contributed by atoms with Crippen LogP contribution >= 0.6 is 0 Å². The number of aliphatic hydroxyl groups excluding tert-OH is 1. The molecule has 3 fully saturated rings. The first-order valence-electron chi connectivity index (χ1n) is 14.0. The standard InChI is InChI=1S/C26H34N10O4S/c27-17-19-18-28-26-21(16-24(32-36(19)26)29-20-4-1-2-5-22(20)37)30-23-6-3-7-25(31-23)33-8-10-34(11-9-33)41(38,39)35-12-14-40-15-13-35/h3,6-7,16,18,20,22,37H,1-2,4-5,8-15H2,(H,29,32)(H,30,31)/t20-,22-/m1/s1. The molecule has 5 heterocycles. The molecule has 3 aliphatic rings. The van der Waals surface area contributed by atoms with Gasteiger partial charge >= 0.3 is 0 Å². The van der Waals surface area contributed by atoms with E-state index in [0.29, 0.717) is 81.1 Å². The molecule has 41 heavy (non-hydrogen) atoms. The summed E-state index contributed by atoms with van der Waals surface area (Å²) in [6.07, 6.45) is 4.62. The van der Waals surface area contributed by atoms with Crippen molar-refractivity contribution >= 4 is 39.0 Å². The summed E-state index contributed by atoms with van der Waals surface area (Å²) in [7, 11) is -3.51. The van der Waals surface area contributed by atoms with Crippen LogP contribution in [-0.4, -0.2) is 106 Å². The molecular weight excluding hydrogens is 548 g/mol. The molecule has 3 aromatic heterocycles. The number of aromatic nitrogens is 4. The zero-order chi connectivity index (χ0) is 28.4. The molecule has 6 rings (SSSR count). The highest BCUT2D eigenvalue weighted by molar-refractivity contribution is 7.86. The van der Waals surface area contributed by atoms with Crippen LogP contribution in [0.15, 0.2) is 30.5 Å². The highest BCUT2D eigenvalue weighted by Gasteiger charge is 2.33. The van der Waals surface area contributed by atoms with Crippen molar-refractivity contribution in [3.8, 4) is 6.07 Å². The summed E-state index contributed by atoms with van der Waals surface area (Å²) in [6.45, 7) is 3.38. The van der Waals surface area contributed by atoms with Gasteiger partial charge in [-0.2, -0.15) is 26.8 Å². The molecule has 14 nitrogen and oxygen atoms in total. The average molecular weight is 583 g/mol. The fourth-order valence-corrected chi connectivity index (χ4v) is 7.13. The van der Waals surface area contributed by atoms with Crippen LogP contribution < -0.4 is 15.5 Å². The van der Waals surface area contributed by atoms with E-state index in [0.717, 1.165) is 31.5 Å². The Morgan fingerprint density at radius 2 is 1.78 bits per heavy atom. The normalized spacial score (nSPS) is 22.9. The third-order valence-corrected chi connectivity index (χ3v) is 9.86. The number of hydrogen-bond donors (Lipinski definition) is 3. The van der Waals surface area contributed by atoms with E-state index in [1.807, 2.05) is 24.3 Å². The summed E-state index contributed by atoms with van der Waals surface area (Å²) < 4.78 is 35.9. The summed E-state index contributed by atoms with van der Waals surface area (Å²) in [4.78, 5) is 11.3. The van der Waals surface area contributed by atoms with Crippen LogP contribution in [0.3, 0.4) is 0 Å². The van der Waals surface area contributed by atoms with Gasteiger partial charge in [0.15, 0.2) is 11.3 Å². The summed E-state index contributed by atoms with van der Waals surface area (Å²) >= 11 is 0. The SMILES string of the molecule is N#Cc1cnc2c(Nc3cccc(N4CCN(S(=O)(=O)N5CCOCC5)CC4)n3)cc(N[C@@H]3CCCC[C@H]3O)nn12. The molecule has 0 spiro atoms. The number of aliphatic hydroxyl groups is 1. The molecule has 3 N–H and O–H groups in total. The number of ether oxygens (including phenoxy) is 1. The lowest BCUT2D eigenvalue weighted by molar-refractivity contribution is 0.0700. The van der Waals surface area contributed by atoms with E-state index < -0.39 is 16.3 Å². The Balaban J connectivity index is 1.19. The van der Waals surface area contributed by atoms with E-state index in [1.54, 1.807) is 0 Å². The van der Waals surface area contributed by atoms with Crippen LogP contribution in [-0.2, 0) is 14.9 Å². The molecule has 2 saturated heterocycles. The Morgan fingerprint density at radius 3 is 2.54 bits per heavy atom.